The molecular weight excluding hydrogens is 334 g/mol. The number of ketones is 1. The number of carbonyl (C=O) groups excluding carboxylic acids is 1. The predicted octanol–water partition coefficient (Wildman–Crippen LogP) is 4.69. The summed E-state index contributed by atoms with van der Waals surface area (Å²) in [6.45, 7) is 2.16. The molecule has 1 aliphatic carbocycles. The molecule has 0 N–H and O–H groups in total. The van der Waals surface area contributed by atoms with Crippen molar-refractivity contribution in [3.63, 3.8) is 0 Å². The summed E-state index contributed by atoms with van der Waals surface area (Å²) < 4.78 is 0.691. The molecule has 1 aromatic rings. The molecule has 114 valence electrons. The van der Waals surface area contributed by atoms with Crippen LogP contribution in [0.1, 0.15) is 44.6 Å². The van der Waals surface area contributed by atoms with Crippen LogP contribution in [-0.2, 0) is 11.2 Å². The van der Waals surface area contributed by atoms with E-state index in [1.54, 1.807) is 12.1 Å². The number of benzene rings is 1. The molecule has 1 aromatic carbocycles. The first kappa shape index (κ1) is 16.1. The first-order valence-corrected chi connectivity index (χ1v) is 8.26. The third-order valence-electron chi connectivity index (χ3n) is 4.28. The molecular formula is C16H20BrNO3. The Bertz CT molecular complexity index is 544. The molecule has 0 radical (unpaired) electrons. The van der Waals surface area contributed by atoms with Crippen LogP contribution in [-0.4, -0.2) is 10.7 Å². The van der Waals surface area contributed by atoms with Gasteiger partial charge in [0.1, 0.15) is 5.78 Å². The number of hydrogen-bond donors (Lipinski definition) is 0. The van der Waals surface area contributed by atoms with E-state index in [0.717, 1.165) is 25.7 Å². The molecule has 2 unspecified atom stereocenters. The molecule has 0 spiro atoms. The molecule has 0 amide bonds. The van der Waals surface area contributed by atoms with Crippen molar-refractivity contribution >= 4 is 27.4 Å². The second-order valence-corrected chi connectivity index (χ2v) is 6.74. The Kier molecular flexibility index (Phi) is 5.51. The van der Waals surface area contributed by atoms with Crippen LogP contribution in [0.2, 0.25) is 0 Å². The van der Waals surface area contributed by atoms with Gasteiger partial charge in [-0.25, -0.2) is 0 Å². The molecule has 5 heteroatoms. The van der Waals surface area contributed by atoms with Gasteiger partial charge in [0, 0.05) is 28.4 Å². The highest BCUT2D eigenvalue weighted by molar-refractivity contribution is 9.10. The zero-order valence-corrected chi connectivity index (χ0v) is 13.8. The summed E-state index contributed by atoms with van der Waals surface area (Å²) in [5.41, 5.74) is 0.772. The molecule has 0 bridgehead atoms. The molecule has 1 aliphatic rings. The molecule has 0 aromatic heterocycles. The van der Waals surface area contributed by atoms with Gasteiger partial charge in [-0.15, -0.1) is 0 Å². The van der Waals surface area contributed by atoms with E-state index < -0.39 is 0 Å². The SMILES string of the molecule is CCCC1CCC(=O)C(Cc2ccc(Br)cc2[N+](=O)[O-])C1. The standard InChI is InChI=1S/C16H20BrNO3/c1-2-3-11-4-7-16(19)13(8-11)9-12-5-6-14(17)10-15(12)18(20)21/h5-6,10-11,13H,2-4,7-9H2,1H3. The summed E-state index contributed by atoms with van der Waals surface area (Å²) in [7, 11) is 0. The Morgan fingerprint density at radius 3 is 2.86 bits per heavy atom. The minimum atomic E-state index is -0.364. The Labute approximate surface area is 133 Å². The van der Waals surface area contributed by atoms with Gasteiger partial charge in [-0.2, -0.15) is 0 Å². The highest BCUT2D eigenvalue weighted by atomic mass is 79.9. The highest BCUT2D eigenvalue weighted by Crippen LogP contribution is 2.34. The average molecular weight is 354 g/mol. The van der Waals surface area contributed by atoms with Crippen LogP contribution in [0, 0.1) is 22.0 Å². The summed E-state index contributed by atoms with van der Waals surface area (Å²) in [6, 6.07) is 5.09. The number of halogens is 1. The summed E-state index contributed by atoms with van der Waals surface area (Å²) in [6.07, 6.45) is 5.24. The van der Waals surface area contributed by atoms with Crippen LogP contribution in [0.15, 0.2) is 22.7 Å². The Balaban J connectivity index is 2.16. The van der Waals surface area contributed by atoms with E-state index in [2.05, 4.69) is 22.9 Å². The molecule has 2 atom stereocenters. The first-order chi connectivity index (χ1) is 10.0. The van der Waals surface area contributed by atoms with E-state index in [4.69, 9.17) is 0 Å². The number of nitro groups is 1. The van der Waals surface area contributed by atoms with E-state index >= 15 is 0 Å². The van der Waals surface area contributed by atoms with Crippen LogP contribution in [0.4, 0.5) is 5.69 Å². The fourth-order valence-electron chi connectivity index (χ4n) is 3.21. The minimum Gasteiger partial charge on any atom is -0.299 e. The summed E-state index contributed by atoms with van der Waals surface area (Å²) in [5, 5.41) is 11.2. The largest absolute Gasteiger partial charge is 0.299 e. The predicted molar refractivity (Wildman–Crippen MR) is 85.2 cm³/mol. The zero-order valence-electron chi connectivity index (χ0n) is 12.2. The van der Waals surface area contributed by atoms with Gasteiger partial charge >= 0.3 is 0 Å². The van der Waals surface area contributed by atoms with Crippen LogP contribution >= 0.6 is 15.9 Å². The maximum atomic E-state index is 12.1. The van der Waals surface area contributed by atoms with E-state index in [1.165, 1.54) is 6.07 Å². The van der Waals surface area contributed by atoms with Crippen molar-refractivity contribution in [2.45, 2.75) is 45.4 Å². The molecule has 1 fully saturated rings. The fraction of sp³-hybridized carbons (Fsp3) is 0.562. The van der Waals surface area contributed by atoms with Gasteiger partial charge in [0.2, 0.25) is 0 Å². The lowest BCUT2D eigenvalue weighted by atomic mass is 9.76. The Morgan fingerprint density at radius 1 is 1.43 bits per heavy atom. The van der Waals surface area contributed by atoms with Crippen LogP contribution in [0.5, 0.6) is 0 Å². The molecule has 1 saturated carbocycles. The second kappa shape index (κ2) is 7.16. The monoisotopic (exact) mass is 353 g/mol. The van der Waals surface area contributed by atoms with Crippen molar-refractivity contribution in [2.24, 2.45) is 11.8 Å². The van der Waals surface area contributed by atoms with Crippen LogP contribution in [0.25, 0.3) is 0 Å². The van der Waals surface area contributed by atoms with E-state index in [9.17, 15) is 14.9 Å². The topological polar surface area (TPSA) is 60.2 Å². The number of hydrogen-bond acceptors (Lipinski definition) is 3. The average Bonchev–Trinajstić information content (AvgIpc) is 2.44. The highest BCUT2D eigenvalue weighted by Gasteiger charge is 2.30. The van der Waals surface area contributed by atoms with Crippen molar-refractivity contribution < 1.29 is 9.72 Å². The lowest BCUT2D eigenvalue weighted by molar-refractivity contribution is -0.385. The van der Waals surface area contributed by atoms with Crippen LogP contribution in [0.3, 0.4) is 0 Å². The number of carbonyl (C=O) groups is 1. The van der Waals surface area contributed by atoms with Gasteiger partial charge in [0.25, 0.3) is 5.69 Å². The second-order valence-electron chi connectivity index (χ2n) is 5.83. The van der Waals surface area contributed by atoms with Crippen molar-refractivity contribution in [2.75, 3.05) is 0 Å². The minimum absolute atomic E-state index is 0.0600. The molecule has 0 aliphatic heterocycles. The maximum Gasteiger partial charge on any atom is 0.273 e. The number of rotatable bonds is 5. The number of nitrogens with zero attached hydrogens (tertiary/aromatic N) is 1. The lowest BCUT2D eigenvalue weighted by Crippen LogP contribution is -2.26. The van der Waals surface area contributed by atoms with E-state index in [1.807, 2.05) is 0 Å². The molecule has 0 saturated heterocycles. The zero-order chi connectivity index (χ0) is 15.4. The van der Waals surface area contributed by atoms with Gasteiger partial charge in [0.05, 0.1) is 4.92 Å². The molecule has 0 heterocycles. The molecule has 4 nitrogen and oxygen atoms in total. The summed E-state index contributed by atoms with van der Waals surface area (Å²) in [4.78, 5) is 22.9. The van der Waals surface area contributed by atoms with Gasteiger partial charge in [-0.05, 0) is 31.2 Å². The van der Waals surface area contributed by atoms with E-state index in [0.29, 0.717) is 28.8 Å². The number of Topliss-reactive ketones (excluding diaryl/α,β-unsaturated/α-hetero) is 1. The molecule has 21 heavy (non-hydrogen) atoms. The third-order valence-corrected chi connectivity index (χ3v) is 4.77. The summed E-state index contributed by atoms with van der Waals surface area (Å²) in [5.74, 6) is 0.793. The third kappa shape index (κ3) is 4.13. The number of nitro benzene ring substituents is 1. The Morgan fingerprint density at radius 2 is 2.19 bits per heavy atom. The maximum absolute atomic E-state index is 12.1. The van der Waals surface area contributed by atoms with Gasteiger partial charge in [-0.1, -0.05) is 41.8 Å². The summed E-state index contributed by atoms with van der Waals surface area (Å²) >= 11 is 3.26. The van der Waals surface area contributed by atoms with E-state index in [-0.39, 0.29) is 22.3 Å². The van der Waals surface area contributed by atoms with Crippen molar-refractivity contribution in [3.8, 4) is 0 Å². The van der Waals surface area contributed by atoms with Gasteiger partial charge in [-0.3, -0.25) is 14.9 Å². The van der Waals surface area contributed by atoms with Crippen molar-refractivity contribution in [1.82, 2.24) is 0 Å². The normalized spacial score (nSPS) is 22.3. The Hall–Kier alpha value is -1.23. The van der Waals surface area contributed by atoms with Crippen molar-refractivity contribution in [1.29, 1.82) is 0 Å². The van der Waals surface area contributed by atoms with Crippen LogP contribution < -0.4 is 0 Å². The molecule has 2 rings (SSSR count). The van der Waals surface area contributed by atoms with Crippen molar-refractivity contribution in [3.05, 3.63) is 38.3 Å². The first-order valence-electron chi connectivity index (χ1n) is 7.46. The quantitative estimate of drug-likeness (QED) is 0.570. The fourth-order valence-corrected chi connectivity index (χ4v) is 3.56. The smallest absolute Gasteiger partial charge is 0.273 e. The van der Waals surface area contributed by atoms with Gasteiger partial charge in [0.15, 0.2) is 0 Å². The van der Waals surface area contributed by atoms with Gasteiger partial charge < -0.3 is 0 Å². The lowest BCUT2D eigenvalue weighted by Gasteiger charge is -2.28.